The van der Waals surface area contributed by atoms with Gasteiger partial charge in [0.15, 0.2) is 0 Å². The lowest BCUT2D eigenvalue weighted by atomic mass is 9.91. The summed E-state index contributed by atoms with van der Waals surface area (Å²) in [4.78, 5) is 20.3. The SMILES string of the molecule is C[C@@H]1C[C@@H](C)CN(C(=O)c2nc(-c3ccc(Cl)cc3)n3c2CCCCC3)C1. The van der Waals surface area contributed by atoms with Crippen molar-refractivity contribution in [2.45, 2.75) is 52.5 Å². The third-order valence-corrected chi connectivity index (χ3v) is 6.08. The van der Waals surface area contributed by atoms with Gasteiger partial charge in [0, 0.05) is 30.2 Å². The predicted molar refractivity (Wildman–Crippen MR) is 109 cm³/mol. The zero-order valence-electron chi connectivity index (χ0n) is 16.2. The van der Waals surface area contributed by atoms with Crippen molar-refractivity contribution in [3.63, 3.8) is 0 Å². The first-order chi connectivity index (χ1) is 13.0. The Morgan fingerprint density at radius 2 is 1.78 bits per heavy atom. The number of aromatic nitrogens is 2. The quantitative estimate of drug-likeness (QED) is 0.725. The summed E-state index contributed by atoms with van der Waals surface area (Å²) in [5.74, 6) is 2.12. The van der Waals surface area contributed by atoms with E-state index in [2.05, 4.69) is 18.4 Å². The minimum absolute atomic E-state index is 0.110. The number of rotatable bonds is 2. The lowest BCUT2D eigenvalue weighted by Gasteiger charge is -2.34. The number of carbonyl (C=O) groups excluding carboxylic acids is 1. The Balaban J connectivity index is 1.74. The fourth-order valence-corrected chi connectivity index (χ4v) is 4.81. The second-order valence-corrected chi connectivity index (χ2v) is 8.79. The van der Waals surface area contributed by atoms with Gasteiger partial charge in [0.25, 0.3) is 5.91 Å². The lowest BCUT2D eigenvalue weighted by molar-refractivity contribution is 0.0616. The number of nitrogens with zero attached hydrogens (tertiary/aromatic N) is 3. The molecule has 0 unspecified atom stereocenters. The zero-order chi connectivity index (χ0) is 19.0. The minimum atomic E-state index is 0.110. The maximum absolute atomic E-state index is 13.4. The Labute approximate surface area is 166 Å². The molecule has 4 nitrogen and oxygen atoms in total. The molecule has 27 heavy (non-hydrogen) atoms. The number of carbonyl (C=O) groups is 1. The molecule has 2 aliphatic heterocycles. The summed E-state index contributed by atoms with van der Waals surface area (Å²) >= 11 is 6.07. The molecule has 2 aromatic rings. The summed E-state index contributed by atoms with van der Waals surface area (Å²) in [7, 11) is 0. The van der Waals surface area contributed by atoms with Gasteiger partial charge in [0.2, 0.25) is 0 Å². The Hall–Kier alpha value is -1.81. The van der Waals surface area contributed by atoms with Gasteiger partial charge in [-0.3, -0.25) is 4.79 Å². The summed E-state index contributed by atoms with van der Waals surface area (Å²) in [6.07, 6.45) is 5.59. The highest BCUT2D eigenvalue weighted by Crippen LogP contribution is 2.30. The number of halogens is 1. The number of benzene rings is 1. The molecule has 1 saturated heterocycles. The van der Waals surface area contributed by atoms with Crippen LogP contribution in [0.25, 0.3) is 11.4 Å². The maximum Gasteiger partial charge on any atom is 0.274 e. The summed E-state index contributed by atoms with van der Waals surface area (Å²) < 4.78 is 2.28. The van der Waals surface area contributed by atoms with Crippen molar-refractivity contribution in [1.82, 2.24) is 14.5 Å². The van der Waals surface area contributed by atoms with E-state index in [1.54, 1.807) is 0 Å². The van der Waals surface area contributed by atoms with Crippen LogP contribution in [0.4, 0.5) is 0 Å². The van der Waals surface area contributed by atoms with Crippen LogP contribution in [-0.2, 0) is 13.0 Å². The van der Waals surface area contributed by atoms with Crippen LogP contribution in [-0.4, -0.2) is 33.4 Å². The predicted octanol–water partition coefficient (Wildman–Crippen LogP) is 5.05. The van der Waals surface area contributed by atoms with Crippen LogP contribution in [0.1, 0.15) is 55.7 Å². The van der Waals surface area contributed by atoms with E-state index in [4.69, 9.17) is 16.6 Å². The molecule has 2 aliphatic rings. The summed E-state index contributed by atoms with van der Waals surface area (Å²) in [5, 5.41) is 0.717. The molecule has 5 heteroatoms. The molecule has 0 aliphatic carbocycles. The Bertz CT molecular complexity index is 817. The maximum atomic E-state index is 13.4. The molecular weight excluding hydrogens is 358 g/mol. The molecule has 0 bridgehead atoms. The third-order valence-electron chi connectivity index (χ3n) is 5.83. The second kappa shape index (κ2) is 7.67. The molecule has 0 radical (unpaired) electrons. The smallest absolute Gasteiger partial charge is 0.274 e. The molecule has 144 valence electrons. The van der Waals surface area contributed by atoms with Crippen LogP contribution in [0.15, 0.2) is 24.3 Å². The van der Waals surface area contributed by atoms with Gasteiger partial charge < -0.3 is 9.47 Å². The van der Waals surface area contributed by atoms with E-state index < -0.39 is 0 Å². The fourth-order valence-electron chi connectivity index (χ4n) is 4.69. The van der Waals surface area contributed by atoms with Crippen LogP contribution < -0.4 is 0 Å². The average molecular weight is 386 g/mol. The zero-order valence-corrected chi connectivity index (χ0v) is 17.0. The van der Waals surface area contributed by atoms with Crippen molar-refractivity contribution >= 4 is 17.5 Å². The van der Waals surface area contributed by atoms with E-state index in [9.17, 15) is 4.79 Å². The first kappa shape index (κ1) is 18.5. The number of likely N-dealkylation sites (tertiary alicyclic amines) is 1. The van der Waals surface area contributed by atoms with Gasteiger partial charge >= 0.3 is 0 Å². The van der Waals surface area contributed by atoms with Crippen LogP contribution >= 0.6 is 11.6 Å². The summed E-state index contributed by atoms with van der Waals surface area (Å²) in [6, 6.07) is 7.79. The average Bonchev–Trinajstić information content (AvgIpc) is 2.82. The highest BCUT2D eigenvalue weighted by molar-refractivity contribution is 6.30. The Kier molecular flexibility index (Phi) is 5.27. The van der Waals surface area contributed by atoms with Gasteiger partial charge in [-0.1, -0.05) is 31.9 Å². The number of fused-ring (bicyclic) bond motifs is 1. The Morgan fingerprint density at radius 1 is 1.07 bits per heavy atom. The van der Waals surface area contributed by atoms with Gasteiger partial charge in [-0.05, 0) is 61.8 Å². The van der Waals surface area contributed by atoms with E-state index in [-0.39, 0.29) is 5.91 Å². The van der Waals surface area contributed by atoms with Crippen molar-refractivity contribution in [2.24, 2.45) is 11.8 Å². The van der Waals surface area contributed by atoms with Crippen molar-refractivity contribution in [3.8, 4) is 11.4 Å². The van der Waals surface area contributed by atoms with Gasteiger partial charge in [-0.25, -0.2) is 4.98 Å². The molecule has 2 atom stereocenters. The van der Waals surface area contributed by atoms with E-state index >= 15 is 0 Å². The molecular formula is C22H28ClN3O. The van der Waals surface area contributed by atoms with Crippen molar-refractivity contribution in [1.29, 1.82) is 0 Å². The van der Waals surface area contributed by atoms with E-state index in [0.29, 0.717) is 22.6 Å². The molecule has 1 amide bonds. The van der Waals surface area contributed by atoms with Crippen LogP contribution in [0.5, 0.6) is 0 Å². The highest BCUT2D eigenvalue weighted by atomic mass is 35.5. The van der Waals surface area contributed by atoms with Crippen molar-refractivity contribution < 1.29 is 4.79 Å². The molecule has 1 fully saturated rings. The molecule has 1 aromatic heterocycles. The van der Waals surface area contributed by atoms with E-state index in [1.165, 1.54) is 12.8 Å². The van der Waals surface area contributed by atoms with Crippen LogP contribution in [0.2, 0.25) is 5.02 Å². The minimum Gasteiger partial charge on any atom is -0.337 e. The van der Waals surface area contributed by atoms with Gasteiger partial charge in [-0.15, -0.1) is 0 Å². The van der Waals surface area contributed by atoms with Gasteiger partial charge in [-0.2, -0.15) is 0 Å². The van der Waals surface area contributed by atoms with Crippen molar-refractivity contribution in [2.75, 3.05) is 13.1 Å². The standard InChI is InChI=1S/C22H28ClN3O/c1-15-12-16(2)14-25(13-15)22(27)20-19-6-4-3-5-11-26(19)21(24-20)17-7-9-18(23)10-8-17/h7-10,15-16H,3-6,11-14H2,1-2H3/t15-,16-/m1/s1. The number of piperidine rings is 1. The van der Waals surface area contributed by atoms with Gasteiger partial charge in [0.1, 0.15) is 11.5 Å². The Morgan fingerprint density at radius 3 is 2.48 bits per heavy atom. The highest BCUT2D eigenvalue weighted by Gasteiger charge is 2.31. The van der Waals surface area contributed by atoms with Crippen LogP contribution in [0.3, 0.4) is 0 Å². The second-order valence-electron chi connectivity index (χ2n) is 8.36. The first-order valence-electron chi connectivity index (χ1n) is 10.2. The van der Waals surface area contributed by atoms with E-state index in [0.717, 1.165) is 56.0 Å². The molecule has 0 spiro atoms. The summed E-state index contributed by atoms with van der Waals surface area (Å²) in [6.45, 7) is 7.09. The number of imidazole rings is 1. The number of amides is 1. The molecule has 0 N–H and O–H groups in total. The number of hydrogen-bond donors (Lipinski definition) is 0. The molecule has 3 heterocycles. The van der Waals surface area contributed by atoms with Crippen LogP contribution in [0, 0.1) is 11.8 Å². The monoisotopic (exact) mass is 385 g/mol. The lowest BCUT2D eigenvalue weighted by Crippen LogP contribution is -2.43. The third kappa shape index (κ3) is 3.77. The fraction of sp³-hybridized carbons (Fsp3) is 0.545. The largest absolute Gasteiger partial charge is 0.337 e. The topological polar surface area (TPSA) is 38.1 Å². The normalized spacial score (nSPS) is 23.0. The molecule has 1 aromatic carbocycles. The van der Waals surface area contributed by atoms with E-state index in [1.807, 2.05) is 29.2 Å². The van der Waals surface area contributed by atoms with Gasteiger partial charge in [0.05, 0.1) is 5.69 Å². The first-order valence-corrected chi connectivity index (χ1v) is 10.6. The number of hydrogen-bond acceptors (Lipinski definition) is 2. The molecule has 0 saturated carbocycles. The molecule has 4 rings (SSSR count). The van der Waals surface area contributed by atoms with Crippen molar-refractivity contribution in [3.05, 3.63) is 40.7 Å². The summed E-state index contributed by atoms with van der Waals surface area (Å²) in [5.41, 5.74) is 2.82.